The van der Waals surface area contributed by atoms with Crippen LogP contribution in [0.3, 0.4) is 0 Å². The van der Waals surface area contributed by atoms with Crippen LogP contribution in [-0.4, -0.2) is 52.3 Å². The average Bonchev–Trinajstić information content (AvgIpc) is 3.03. The Balaban J connectivity index is 2.27. The second-order valence-corrected chi connectivity index (χ2v) is 7.26. The summed E-state index contributed by atoms with van der Waals surface area (Å²) in [4.78, 5) is 14.7. The third-order valence-electron chi connectivity index (χ3n) is 5.01. The lowest BCUT2D eigenvalue weighted by Gasteiger charge is -2.31. The zero-order valence-electron chi connectivity index (χ0n) is 15.6. The number of nitrogens with one attached hydrogen (secondary N) is 1. The van der Waals surface area contributed by atoms with Crippen LogP contribution in [0.4, 0.5) is 22.4 Å². The van der Waals surface area contributed by atoms with Crippen molar-refractivity contribution >= 4 is 6.09 Å². The number of nitrogens with zero attached hydrogens (tertiary/aromatic N) is 1. The number of alkyl halides is 3. The zero-order chi connectivity index (χ0) is 22.3. The standard InChI is InChI=1S/C19H18F4N2O5/c1-17(8-26)9-30-15-12(17)6-13(18(29,19(21,22)23)7-24-16(27)28)25-14(15)10-2-4-11(20)5-3-10/h2-6,24,26,29H,7-9H2,1H3,(H,27,28). The van der Waals surface area contributed by atoms with E-state index in [2.05, 4.69) is 4.98 Å². The molecule has 0 saturated carbocycles. The number of aliphatic hydroxyl groups excluding tert-OH is 1. The molecule has 11 heteroatoms. The monoisotopic (exact) mass is 430 g/mol. The molecule has 162 valence electrons. The minimum atomic E-state index is -5.29. The highest BCUT2D eigenvalue weighted by Crippen LogP contribution is 2.47. The largest absolute Gasteiger partial charge is 0.490 e. The fraction of sp³-hybridized carbons (Fsp3) is 0.368. The molecule has 0 spiro atoms. The second kappa shape index (κ2) is 7.40. The maximum atomic E-state index is 13.8. The van der Waals surface area contributed by atoms with Gasteiger partial charge in [0.15, 0.2) is 0 Å². The number of ether oxygens (including phenoxy) is 1. The van der Waals surface area contributed by atoms with Crippen molar-refractivity contribution < 1.29 is 42.4 Å². The van der Waals surface area contributed by atoms with Gasteiger partial charge >= 0.3 is 12.3 Å². The van der Waals surface area contributed by atoms with Crippen LogP contribution in [0.2, 0.25) is 0 Å². The first kappa shape index (κ1) is 21.8. The van der Waals surface area contributed by atoms with Gasteiger partial charge in [-0.1, -0.05) is 0 Å². The highest BCUT2D eigenvalue weighted by molar-refractivity contribution is 5.71. The van der Waals surface area contributed by atoms with E-state index in [-0.39, 0.29) is 29.2 Å². The van der Waals surface area contributed by atoms with Gasteiger partial charge in [0.2, 0.25) is 5.60 Å². The topological polar surface area (TPSA) is 112 Å². The molecule has 2 unspecified atom stereocenters. The van der Waals surface area contributed by atoms with Crippen LogP contribution in [-0.2, 0) is 11.0 Å². The first-order valence-corrected chi connectivity index (χ1v) is 8.73. The van der Waals surface area contributed by atoms with Gasteiger partial charge < -0.3 is 25.4 Å². The van der Waals surface area contributed by atoms with Gasteiger partial charge in [-0.25, -0.2) is 14.2 Å². The predicted octanol–water partition coefficient (Wildman–Crippen LogP) is 2.55. The Morgan fingerprint density at radius 2 is 1.93 bits per heavy atom. The third-order valence-corrected chi connectivity index (χ3v) is 5.01. The smallest absolute Gasteiger partial charge is 0.424 e. The summed E-state index contributed by atoms with van der Waals surface area (Å²) in [5.74, 6) is -0.484. The molecule has 0 aliphatic carbocycles. The molecule has 1 aliphatic heterocycles. The van der Waals surface area contributed by atoms with Crippen molar-refractivity contribution in [1.29, 1.82) is 0 Å². The van der Waals surface area contributed by atoms with Gasteiger partial charge in [-0.15, -0.1) is 0 Å². The Morgan fingerprint density at radius 3 is 2.47 bits per heavy atom. The number of carbonyl (C=O) groups is 1. The van der Waals surface area contributed by atoms with Gasteiger partial charge in [-0.2, -0.15) is 13.2 Å². The van der Waals surface area contributed by atoms with Crippen molar-refractivity contribution in [1.82, 2.24) is 10.3 Å². The quantitative estimate of drug-likeness (QED) is 0.543. The van der Waals surface area contributed by atoms with Gasteiger partial charge in [0, 0.05) is 11.1 Å². The van der Waals surface area contributed by atoms with E-state index in [0.29, 0.717) is 0 Å². The molecule has 4 N–H and O–H groups in total. The van der Waals surface area contributed by atoms with Crippen LogP contribution in [0.25, 0.3) is 11.3 Å². The van der Waals surface area contributed by atoms with Gasteiger partial charge in [-0.05, 0) is 37.3 Å². The minimum Gasteiger partial charge on any atom is -0.490 e. The lowest BCUT2D eigenvalue weighted by molar-refractivity contribution is -0.265. The summed E-state index contributed by atoms with van der Waals surface area (Å²) in [5.41, 5.74) is -5.35. The number of hydrogen-bond acceptors (Lipinski definition) is 5. The number of aliphatic hydroxyl groups is 2. The van der Waals surface area contributed by atoms with Crippen molar-refractivity contribution in [3.63, 3.8) is 0 Å². The fourth-order valence-corrected chi connectivity index (χ4v) is 3.12. The summed E-state index contributed by atoms with van der Waals surface area (Å²) < 4.78 is 60.3. The van der Waals surface area contributed by atoms with E-state index in [0.717, 1.165) is 18.2 Å². The lowest BCUT2D eigenvalue weighted by atomic mass is 9.83. The molecule has 0 saturated heterocycles. The number of pyridine rings is 1. The molecule has 0 bridgehead atoms. The van der Waals surface area contributed by atoms with Gasteiger partial charge in [0.1, 0.15) is 23.9 Å². The molecule has 0 fully saturated rings. The number of benzene rings is 1. The molecule has 1 aliphatic rings. The molecule has 0 radical (unpaired) electrons. The van der Waals surface area contributed by atoms with E-state index in [9.17, 15) is 32.6 Å². The summed E-state index contributed by atoms with van der Waals surface area (Å²) in [6.45, 7) is -0.378. The van der Waals surface area contributed by atoms with Crippen molar-refractivity contribution in [2.45, 2.75) is 24.1 Å². The summed E-state index contributed by atoms with van der Waals surface area (Å²) in [6.07, 6.45) is -7.05. The number of aromatic nitrogens is 1. The molecule has 7 nitrogen and oxygen atoms in total. The number of hydrogen-bond donors (Lipinski definition) is 4. The molecule has 2 atom stereocenters. The minimum absolute atomic E-state index is 0.0595. The summed E-state index contributed by atoms with van der Waals surface area (Å²) in [7, 11) is 0. The van der Waals surface area contributed by atoms with Crippen LogP contribution in [0.1, 0.15) is 18.2 Å². The zero-order valence-corrected chi connectivity index (χ0v) is 15.6. The summed E-state index contributed by atoms with van der Waals surface area (Å²) in [5, 5.41) is 30.5. The van der Waals surface area contributed by atoms with Crippen LogP contribution >= 0.6 is 0 Å². The van der Waals surface area contributed by atoms with Gasteiger partial charge in [-0.3, -0.25) is 0 Å². The van der Waals surface area contributed by atoms with E-state index in [1.54, 1.807) is 6.92 Å². The number of fused-ring (bicyclic) bond motifs is 1. The van der Waals surface area contributed by atoms with Crippen LogP contribution in [0.5, 0.6) is 5.75 Å². The van der Waals surface area contributed by atoms with E-state index in [1.807, 2.05) is 0 Å². The molecular formula is C19H18F4N2O5. The third kappa shape index (κ3) is 3.65. The summed E-state index contributed by atoms with van der Waals surface area (Å²) >= 11 is 0. The molecule has 1 amide bonds. The van der Waals surface area contributed by atoms with Crippen LogP contribution < -0.4 is 10.1 Å². The fourth-order valence-electron chi connectivity index (χ4n) is 3.12. The second-order valence-electron chi connectivity index (χ2n) is 7.26. The van der Waals surface area contributed by atoms with Crippen molar-refractivity contribution in [3.8, 4) is 17.0 Å². The van der Waals surface area contributed by atoms with E-state index >= 15 is 0 Å². The Kier molecular flexibility index (Phi) is 5.37. The number of carboxylic acid groups (broad SMARTS) is 1. The Labute approximate surface area is 167 Å². The van der Waals surface area contributed by atoms with E-state index in [4.69, 9.17) is 9.84 Å². The maximum absolute atomic E-state index is 13.8. The Bertz CT molecular complexity index is 967. The van der Waals surface area contributed by atoms with Crippen molar-refractivity contribution in [2.24, 2.45) is 0 Å². The summed E-state index contributed by atoms with van der Waals surface area (Å²) in [6, 6.07) is 5.67. The first-order valence-electron chi connectivity index (χ1n) is 8.73. The number of amides is 1. The molecule has 1 aromatic heterocycles. The Morgan fingerprint density at radius 1 is 1.30 bits per heavy atom. The van der Waals surface area contributed by atoms with Gasteiger partial charge in [0.05, 0.1) is 24.3 Å². The van der Waals surface area contributed by atoms with Gasteiger partial charge in [0.25, 0.3) is 0 Å². The first-order chi connectivity index (χ1) is 13.9. The predicted molar refractivity (Wildman–Crippen MR) is 95.5 cm³/mol. The molecule has 3 rings (SSSR count). The SMILES string of the molecule is CC1(CO)COc2c1cc(C(O)(CNC(=O)O)C(F)(F)F)nc2-c1ccc(F)cc1. The molecular weight excluding hydrogens is 412 g/mol. The lowest BCUT2D eigenvalue weighted by Crippen LogP contribution is -2.51. The maximum Gasteiger partial charge on any atom is 0.424 e. The highest BCUT2D eigenvalue weighted by Gasteiger charge is 2.57. The highest BCUT2D eigenvalue weighted by atomic mass is 19.4. The Hall–Kier alpha value is -2.92. The molecule has 2 heterocycles. The number of halogens is 4. The molecule has 2 aromatic rings. The molecule has 30 heavy (non-hydrogen) atoms. The van der Waals surface area contributed by atoms with E-state index in [1.165, 1.54) is 17.4 Å². The average molecular weight is 430 g/mol. The normalized spacial score (nSPS) is 20.2. The number of rotatable bonds is 5. The van der Waals surface area contributed by atoms with Crippen molar-refractivity contribution in [3.05, 3.63) is 47.4 Å². The van der Waals surface area contributed by atoms with Crippen LogP contribution in [0, 0.1) is 5.82 Å². The van der Waals surface area contributed by atoms with E-state index < -0.39 is 47.9 Å². The van der Waals surface area contributed by atoms with Crippen molar-refractivity contribution in [2.75, 3.05) is 19.8 Å². The van der Waals surface area contributed by atoms with Crippen LogP contribution in [0.15, 0.2) is 30.3 Å². The molecule has 1 aromatic carbocycles.